The third-order valence-electron chi connectivity index (χ3n) is 2.48. The molecule has 7 heteroatoms. The monoisotopic (exact) mass is 248 g/mol. The second-order valence-corrected chi connectivity index (χ2v) is 3.77. The summed E-state index contributed by atoms with van der Waals surface area (Å²) in [5, 5.41) is 13.8. The number of anilines is 1. The molecule has 0 atom stereocenters. The predicted molar refractivity (Wildman–Crippen MR) is 65.0 cm³/mol. The lowest BCUT2D eigenvalue weighted by atomic mass is 10.3. The Balaban J connectivity index is 1.85. The van der Waals surface area contributed by atoms with Gasteiger partial charge in [0, 0.05) is 31.4 Å². The molecular weight excluding hydrogens is 234 g/mol. The van der Waals surface area contributed by atoms with Gasteiger partial charge in [-0.05, 0) is 6.07 Å². The van der Waals surface area contributed by atoms with Crippen molar-refractivity contribution in [2.75, 3.05) is 11.9 Å². The number of H-pyrrole nitrogens is 1. The van der Waals surface area contributed by atoms with Crippen LogP contribution in [-0.4, -0.2) is 21.0 Å². The van der Waals surface area contributed by atoms with Crippen molar-refractivity contribution in [2.24, 2.45) is 0 Å². The van der Waals surface area contributed by atoms with E-state index in [2.05, 4.69) is 15.3 Å². The van der Waals surface area contributed by atoms with E-state index >= 15 is 0 Å². The highest BCUT2D eigenvalue weighted by atomic mass is 16.6. The topological polar surface area (TPSA) is 87.1 Å². The zero-order chi connectivity index (χ0) is 12.8. The molecule has 94 valence electrons. The summed E-state index contributed by atoms with van der Waals surface area (Å²) >= 11 is 0. The van der Waals surface area contributed by atoms with Crippen LogP contribution in [0.15, 0.2) is 37.1 Å². The summed E-state index contributed by atoms with van der Waals surface area (Å²) < 4.78 is 1.96. The van der Waals surface area contributed by atoms with Gasteiger partial charge in [0.15, 0.2) is 0 Å². The summed E-state index contributed by atoms with van der Waals surface area (Å²) in [5.41, 5.74) is 0.0557. The number of nitrogens with zero attached hydrogens (tertiary/aromatic N) is 3. The number of aromatic nitrogens is 3. The first-order valence-electron chi connectivity index (χ1n) is 5.62. The lowest BCUT2D eigenvalue weighted by Crippen LogP contribution is -2.16. The fourth-order valence-electron chi connectivity index (χ4n) is 1.62. The molecule has 2 N–H and O–H groups in total. The van der Waals surface area contributed by atoms with Crippen LogP contribution >= 0.6 is 0 Å². The summed E-state index contributed by atoms with van der Waals surface area (Å²) in [6.45, 7) is 1.48. The van der Waals surface area contributed by atoms with E-state index in [0.29, 0.717) is 12.4 Å². The largest absolute Gasteiger partial charge is 0.357 e. The van der Waals surface area contributed by atoms with Gasteiger partial charge in [0.05, 0.1) is 24.0 Å². The van der Waals surface area contributed by atoms with Gasteiger partial charge in [-0.25, -0.2) is 9.97 Å². The van der Waals surface area contributed by atoms with Crippen LogP contribution in [-0.2, 0) is 6.54 Å². The minimum atomic E-state index is -0.408. The van der Waals surface area contributed by atoms with E-state index in [1.54, 1.807) is 24.8 Å². The van der Waals surface area contributed by atoms with Gasteiger partial charge in [0.2, 0.25) is 0 Å². The van der Waals surface area contributed by atoms with Crippen molar-refractivity contribution in [3.63, 3.8) is 0 Å². The molecule has 0 fully saturated rings. The number of imidazole rings is 1. The number of aryl methyl sites for hydroxylation is 1. The summed E-state index contributed by atoms with van der Waals surface area (Å²) in [5.74, 6) is 0.438. The zero-order valence-corrected chi connectivity index (χ0v) is 9.74. The van der Waals surface area contributed by atoms with Gasteiger partial charge in [0.25, 0.3) is 0 Å². The summed E-state index contributed by atoms with van der Waals surface area (Å²) in [4.78, 5) is 17.1. The minimum Gasteiger partial charge on any atom is -0.337 e. The highest BCUT2D eigenvalue weighted by molar-refractivity contribution is 5.50. The van der Waals surface area contributed by atoms with Crippen LogP contribution in [0, 0.1) is 10.1 Å². The Morgan fingerprint density at radius 1 is 1.56 bits per heavy atom. The number of hydrogen-bond acceptors (Lipinski definition) is 4. The first kappa shape index (κ1) is 12.0. The van der Waals surface area contributed by atoms with Crippen molar-refractivity contribution in [3.8, 4) is 0 Å². The van der Waals surface area contributed by atoms with Crippen LogP contribution in [0.4, 0.5) is 11.5 Å². The molecular formula is C11H14N5O2+. The first-order chi connectivity index (χ1) is 8.77. The number of aromatic amines is 1. The molecule has 2 heterocycles. The van der Waals surface area contributed by atoms with Crippen molar-refractivity contribution < 1.29 is 9.91 Å². The van der Waals surface area contributed by atoms with E-state index in [1.807, 2.05) is 10.8 Å². The van der Waals surface area contributed by atoms with Crippen molar-refractivity contribution in [2.45, 2.75) is 13.0 Å². The minimum absolute atomic E-state index is 0.0557. The quantitative estimate of drug-likeness (QED) is 0.471. The maximum absolute atomic E-state index is 10.8. The van der Waals surface area contributed by atoms with E-state index in [4.69, 9.17) is 0 Å². The lowest BCUT2D eigenvalue weighted by Gasteiger charge is -2.01. The average Bonchev–Trinajstić information content (AvgIpc) is 2.88. The normalized spacial score (nSPS) is 10.2. The third-order valence-corrected chi connectivity index (χ3v) is 2.48. The molecule has 0 aromatic carbocycles. The Bertz CT molecular complexity index is 512. The van der Waals surface area contributed by atoms with Gasteiger partial charge >= 0.3 is 11.5 Å². The highest BCUT2D eigenvalue weighted by Gasteiger charge is 2.18. The smallest absolute Gasteiger partial charge is 0.337 e. The van der Waals surface area contributed by atoms with Gasteiger partial charge < -0.3 is 4.57 Å². The molecule has 0 saturated carbocycles. The molecule has 0 aliphatic carbocycles. The van der Waals surface area contributed by atoms with E-state index in [1.165, 1.54) is 6.07 Å². The van der Waals surface area contributed by atoms with Crippen LogP contribution in [0.2, 0.25) is 0 Å². The molecule has 0 unspecified atom stereocenters. The second kappa shape index (κ2) is 5.76. The second-order valence-electron chi connectivity index (χ2n) is 3.77. The van der Waals surface area contributed by atoms with Gasteiger partial charge in [0.1, 0.15) is 0 Å². The molecule has 7 nitrogen and oxygen atoms in total. The van der Waals surface area contributed by atoms with Crippen LogP contribution in [0.5, 0.6) is 0 Å². The van der Waals surface area contributed by atoms with Crippen molar-refractivity contribution in [1.82, 2.24) is 9.55 Å². The Morgan fingerprint density at radius 2 is 2.44 bits per heavy atom. The molecule has 0 aliphatic heterocycles. The molecule has 0 amide bonds. The molecule has 2 aromatic rings. The summed E-state index contributed by atoms with van der Waals surface area (Å²) in [6, 6.07) is 3.07. The molecule has 0 radical (unpaired) electrons. The van der Waals surface area contributed by atoms with Gasteiger partial charge in [-0.3, -0.25) is 15.4 Å². The van der Waals surface area contributed by atoms with Crippen molar-refractivity contribution in [3.05, 3.63) is 47.2 Å². The molecule has 18 heavy (non-hydrogen) atoms. The van der Waals surface area contributed by atoms with Crippen LogP contribution in [0.25, 0.3) is 0 Å². The highest BCUT2D eigenvalue weighted by Crippen LogP contribution is 2.17. The van der Waals surface area contributed by atoms with Crippen LogP contribution in [0.3, 0.4) is 0 Å². The van der Waals surface area contributed by atoms with Crippen molar-refractivity contribution >= 4 is 11.5 Å². The van der Waals surface area contributed by atoms with E-state index in [0.717, 1.165) is 13.0 Å². The van der Waals surface area contributed by atoms with Crippen molar-refractivity contribution in [1.29, 1.82) is 0 Å². The van der Waals surface area contributed by atoms with Crippen LogP contribution < -0.4 is 10.3 Å². The molecule has 0 bridgehead atoms. The average molecular weight is 248 g/mol. The van der Waals surface area contributed by atoms with E-state index in [9.17, 15) is 10.1 Å². The lowest BCUT2D eigenvalue weighted by molar-refractivity contribution is -0.409. The molecule has 0 aliphatic rings. The third kappa shape index (κ3) is 3.03. The maximum Gasteiger partial charge on any atom is 0.357 e. The summed E-state index contributed by atoms with van der Waals surface area (Å²) in [6.07, 6.45) is 7.87. The number of rotatable bonds is 6. The van der Waals surface area contributed by atoms with E-state index < -0.39 is 4.92 Å². The number of nitrogens with one attached hydrogen (secondary N) is 2. The molecule has 2 aromatic heterocycles. The van der Waals surface area contributed by atoms with Crippen LogP contribution in [0.1, 0.15) is 6.42 Å². The summed E-state index contributed by atoms with van der Waals surface area (Å²) in [7, 11) is 0. The number of hydrogen-bond donors (Lipinski definition) is 1. The van der Waals surface area contributed by atoms with Gasteiger partial charge in [-0.15, -0.1) is 0 Å². The SMILES string of the molecule is O=[N+]([O-])c1ccc[nH+]c1NCCCn1ccnc1. The Morgan fingerprint density at radius 3 is 3.17 bits per heavy atom. The maximum atomic E-state index is 10.8. The number of nitro groups is 1. The molecule has 0 saturated heterocycles. The van der Waals surface area contributed by atoms with Gasteiger partial charge in [-0.1, -0.05) is 0 Å². The molecule has 2 rings (SSSR count). The standard InChI is InChI=1S/C11H13N5O2/c17-16(18)10-3-1-4-13-11(10)14-5-2-7-15-8-6-12-9-15/h1,3-4,6,8-9H,2,5,7H2,(H,13,14)/p+1. The first-order valence-corrected chi connectivity index (χ1v) is 5.62. The fraction of sp³-hybridized carbons (Fsp3) is 0.273. The van der Waals surface area contributed by atoms with Gasteiger partial charge in [-0.2, -0.15) is 0 Å². The predicted octanol–water partition coefficient (Wildman–Crippen LogP) is 1.11. The van der Waals surface area contributed by atoms with E-state index in [-0.39, 0.29) is 5.69 Å². The molecule has 0 spiro atoms. The zero-order valence-electron chi connectivity index (χ0n) is 9.74. The Hall–Kier alpha value is -2.44. The Kier molecular flexibility index (Phi) is 3.85. The fourth-order valence-corrected chi connectivity index (χ4v) is 1.62. The Labute approximate surface area is 104 Å². The number of pyridine rings is 1.